The molecule has 0 aromatic heterocycles. The van der Waals surface area contributed by atoms with Crippen molar-refractivity contribution in [3.8, 4) is 5.75 Å². The number of nitrogens with one attached hydrogen (secondary N) is 1. The third-order valence-electron chi connectivity index (χ3n) is 6.25. The Morgan fingerprint density at radius 1 is 1.11 bits per heavy atom. The number of sulfonamides is 1. The molecule has 1 atom stereocenters. The standard InChI is InChI=1S/C26H34FN3O5S/c1-4-35-24-12-8-7-11-23(24)30(36(3,33)34)18-25(31)29(17-20-13-15-21(27)16-14-20)19(2)26(32)28-22-9-5-6-10-22/h7-8,11-16,19,22H,4-6,9-10,17-18H2,1-3H3,(H,28,32). The van der Waals surface area contributed by atoms with Crippen molar-refractivity contribution in [3.63, 3.8) is 0 Å². The lowest BCUT2D eigenvalue weighted by Crippen LogP contribution is -2.52. The summed E-state index contributed by atoms with van der Waals surface area (Å²) in [5, 5.41) is 3.01. The topological polar surface area (TPSA) is 96.0 Å². The Balaban J connectivity index is 1.90. The first-order valence-corrected chi connectivity index (χ1v) is 14.0. The fourth-order valence-electron chi connectivity index (χ4n) is 4.30. The molecule has 1 aliphatic carbocycles. The molecule has 36 heavy (non-hydrogen) atoms. The smallest absolute Gasteiger partial charge is 0.244 e. The molecular weight excluding hydrogens is 485 g/mol. The van der Waals surface area contributed by atoms with Gasteiger partial charge in [-0.2, -0.15) is 0 Å². The highest BCUT2D eigenvalue weighted by Gasteiger charge is 2.32. The van der Waals surface area contributed by atoms with E-state index in [0.29, 0.717) is 17.9 Å². The molecule has 0 heterocycles. The number of ether oxygens (including phenoxy) is 1. The Bertz CT molecular complexity index is 1150. The van der Waals surface area contributed by atoms with Gasteiger partial charge in [0.25, 0.3) is 0 Å². The predicted octanol–water partition coefficient (Wildman–Crippen LogP) is 3.47. The zero-order valence-electron chi connectivity index (χ0n) is 20.9. The van der Waals surface area contributed by atoms with Gasteiger partial charge in [-0.15, -0.1) is 0 Å². The second kappa shape index (κ2) is 12.2. The van der Waals surface area contributed by atoms with Gasteiger partial charge in [-0.25, -0.2) is 12.8 Å². The van der Waals surface area contributed by atoms with Gasteiger partial charge in [0.2, 0.25) is 21.8 Å². The number of anilines is 1. The van der Waals surface area contributed by atoms with Crippen LogP contribution in [0.3, 0.4) is 0 Å². The number of benzene rings is 2. The third-order valence-corrected chi connectivity index (χ3v) is 7.37. The number of carbonyl (C=O) groups excluding carboxylic acids is 2. The second-order valence-electron chi connectivity index (χ2n) is 8.98. The maximum absolute atomic E-state index is 13.6. The molecule has 2 aromatic rings. The lowest BCUT2D eigenvalue weighted by molar-refractivity contribution is -0.139. The fourth-order valence-corrected chi connectivity index (χ4v) is 5.15. The van der Waals surface area contributed by atoms with Crippen LogP contribution in [-0.2, 0) is 26.2 Å². The van der Waals surface area contributed by atoms with E-state index in [1.807, 2.05) is 0 Å². The van der Waals surface area contributed by atoms with Gasteiger partial charge in [0.1, 0.15) is 24.2 Å². The number of amides is 2. The first kappa shape index (κ1) is 27.4. The minimum atomic E-state index is -3.87. The molecule has 1 N–H and O–H groups in total. The van der Waals surface area contributed by atoms with Crippen LogP contribution in [0.5, 0.6) is 5.75 Å². The summed E-state index contributed by atoms with van der Waals surface area (Å²) >= 11 is 0. The van der Waals surface area contributed by atoms with Crippen LogP contribution in [-0.4, -0.2) is 56.6 Å². The van der Waals surface area contributed by atoms with Crippen LogP contribution in [0, 0.1) is 5.82 Å². The molecule has 2 aromatic carbocycles. The number of carbonyl (C=O) groups is 2. The van der Waals surface area contributed by atoms with Crippen molar-refractivity contribution in [2.24, 2.45) is 0 Å². The molecule has 3 rings (SSSR count). The molecule has 1 fully saturated rings. The van der Waals surface area contributed by atoms with E-state index in [2.05, 4.69) is 5.32 Å². The molecule has 10 heteroatoms. The van der Waals surface area contributed by atoms with E-state index in [4.69, 9.17) is 4.74 Å². The van der Waals surface area contributed by atoms with E-state index in [0.717, 1.165) is 36.2 Å². The molecule has 1 unspecified atom stereocenters. The van der Waals surface area contributed by atoms with Gasteiger partial charge in [-0.05, 0) is 56.5 Å². The highest BCUT2D eigenvalue weighted by atomic mass is 32.2. The molecule has 1 saturated carbocycles. The van der Waals surface area contributed by atoms with Crippen LogP contribution < -0.4 is 14.4 Å². The lowest BCUT2D eigenvalue weighted by atomic mass is 10.1. The Kier molecular flexibility index (Phi) is 9.31. The van der Waals surface area contributed by atoms with Crippen LogP contribution in [0.15, 0.2) is 48.5 Å². The summed E-state index contributed by atoms with van der Waals surface area (Å²) in [6.45, 7) is 3.21. The molecule has 8 nitrogen and oxygen atoms in total. The average molecular weight is 520 g/mol. The maximum atomic E-state index is 13.6. The number of hydrogen-bond acceptors (Lipinski definition) is 5. The van der Waals surface area contributed by atoms with Gasteiger partial charge in [0.05, 0.1) is 18.6 Å². The second-order valence-corrected chi connectivity index (χ2v) is 10.9. The minimum Gasteiger partial charge on any atom is -0.492 e. The lowest BCUT2D eigenvalue weighted by Gasteiger charge is -2.32. The Morgan fingerprint density at radius 3 is 2.36 bits per heavy atom. The molecule has 0 radical (unpaired) electrons. The molecule has 0 saturated heterocycles. The van der Waals surface area contributed by atoms with Crippen LogP contribution in [0.4, 0.5) is 10.1 Å². The normalized spacial score (nSPS) is 14.8. The van der Waals surface area contributed by atoms with Crippen LogP contribution in [0.25, 0.3) is 0 Å². The summed E-state index contributed by atoms with van der Waals surface area (Å²) in [4.78, 5) is 28.0. The summed E-state index contributed by atoms with van der Waals surface area (Å²) in [5.41, 5.74) is 0.853. The van der Waals surface area contributed by atoms with E-state index in [1.165, 1.54) is 29.2 Å². The number of nitrogens with zero attached hydrogens (tertiary/aromatic N) is 2. The van der Waals surface area contributed by atoms with Crippen LogP contribution in [0.1, 0.15) is 45.1 Å². The van der Waals surface area contributed by atoms with E-state index in [-0.39, 0.29) is 24.2 Å². The van der Waals surface area contributed by atoms with Gasteiger partial charge >= 0.3 is 0 Å². The van der Waals surface area contributed by atoms with Crippen molar-refractivity contribution in [1.82, 2.24) is 10.2 Å². The number of hydrogen-bond donors (Lipinski definition) is 1. The first-order chi connectivity index (χ1) is 17.1. The number of para-hydroxylation sites is 2. The molecule has 0 aliphatic heterocycles. The number of halogens is 1. The first-order valence-electron chi connectivity index (χ1n) is 12.1. The van der Waals surface area contributed by atoms with Gasteiger partial charge < -0.3 is 15.0 Å². The Labute approximate surface area is 212 Å². The largest absolute Gasteiger partial charge is 0.492 e. The fraction of sp³-hybridized carbons (Fsp3) is 0.462. The Morgan fingerprint density at radius 2 is 1.75 bits per heavy atom. The van der Waals surface area contributed by atoms with Crippen molar-refractivity contribution >= 4 is 27.5 Å². The number of rotatable bonds is 11. The molecule has 196 valence electrons. The zero-order chi connectivity index (χ0) is 26.3. The van der Waals surface area contributed by atoms with Gasteiger partial charge in [0.15, 0.2) is 0 Å². The van der Waals surface area contributed by atoms with E-state index in [1.54, 1.807) is 38.1 Å². The summed E-state index contributed by atoms with van der Waals surface area (Å²) in [6, 6.07) is 11.4. The molecule has 1 aliphatic rings. The van der Waals surface area contributed by atoms with Gasteiger partial charge in [-0.3, -0.25) is 13.9 Å². The van der Waals surface area contributed by atoms with Crippen molar-refractivity contribution in [2.45, 2.75) is 58.2 Å². The van der Waals surface area contributed by atoms with E-state index < -0.39 is 34.3 Å². The summed E-state index contributed by atoms with van der Waals surface area (Å²) in [7, 11) is -3.87. The molecule has 0 bridgehead atoms. The Hall–Kier alpha value is -3.14. The summed E-state index contributed by atoms with van der Waals surface area (Å²) in [5.74, 6) is -0.960. The molecule has 2 amide bonds. The predicted molar refractivity (Wildman–Crippen MR) is 137 cm³/mol. The highest BCUT2D eigenvalue weighted by Crippen LogP contribution is 2.30. The quantitative estimate of drug-likeness (QED) is 0.491. The summed E-state index contributed by atoms with van der Waals surface area (Å²) in [6.07, 6.45) is 4.88. The molecular formula is C26H34FN3O5S. The minimum absolute atomic E-state index is 0.0169. The van der Waals surface area contributed by atoms with Crippen molar-refractivity contribution < 1.29 is 27.1 Å². The highest BCUT2D eigenvalue weighted by molar-refractivity contribution is 7.92. The van der Waals surface area contributed by atoms with Crippen molar-refractivity contribution in [1.29, 1.82) is 0 Å². The van der Waals surface area contributed by atoms with E-state index >= 15 is 0 Å². The van der Waals surface area contributed by atoms with Crippen LogP contribution >= 0.6 is 0 Å². The molecule has 0 spiro atoms. The van der Waals surface area contributed by atoms with Gasteiger partial charge in [-0.1, -0.05) is 37.1 Å². The summed E-state index contributed by atoms with van der Waals surface area (Å²) < 4.78 is 45.5. The monoisotopic (exact) mass is 519 g/mol. The third kappa shape index (κ3) is 7.19. The SMILES string of the molecule is CCOc1ccccc1N(CC(=O)N(Cc1ccc(F)cc1)C(C)C(=O)NC1CCCC1)S(C)(=O)=O. The zero-order valence-corrected chi connectivity index (χ0v) is 21.8. The van der Waals surface area contributed by atoms with E-state index in [9.17, 15) is 22.4 Å². The van der Waals surface area contributed by atoms with Crippen molar-refractivity contribution in [2.75, 3.05) is 23.7 Å². The average Bonchev–Trinajstić information content (AvgIpc) is 3.34. The maximum Gasteiger partial charge on any atom is 0.244 e. The van der Waals surface area contributed by atoms with Crippen molar-refractivity contribution in [3.05, 3.63) is 59.9 Å². The van der Waals surface area contributed by atoms with Gasteiger partial charge in [0, 0.05) is 12.6 Å². The van der Waals surface area contributed by atoms with Crippen LogP contribution in [0.2, 0.25) is 0 Å².